The third-order valence-electron chi connectivity index (χ3n) is 3.68. The molecule has 0 saturated heterocycles. The van der Waals surface area contributed by atoms with E-state index in [1.807, 2.05) is 35.2 Å². The number of ether oxygens (including phenoxy) is 1. The fourth-order valence-electron chi connectivity index (χ4n) is 2.81. The van der Waals surface area contributed by atoms with E-state index in [0.29, 0.717) is 6.61 Å². The highest BCUT2D eigenvalue weighted by atomic mass is 79.9. The maximum atomic E-state index is 10.3. The van der Waals surface area contributed by atoms with Crippen LogP contribution in [-0.4, -0.2) is 23.0 Å². The largest absolute Gasteiger partial charge is 0.489 e. The summed E-state index contributed by atoms with van der Waals surface area (Å²) in [5, 5.41) is 13.4. The summed E-state index contributed by atoms with van der Waals surface area (Å²) in [4.78, 5) is 6.19. The lowest BCUT2D eigenvalue weighted by Gasteiger charge is -2.37. The van der Waals surface area contributed by atoms with Crippen LogP contribution in [0.1, 0.15) is 11.6 Å². The van der Waals surface area contributed by atoms with Gasteiger partial charge >= 0.3 is 0 Å². The van der Waals surface area contributed by atoms with Gasteiger partial charge < -0.3 is 20.1 Å². The van der Waals surface area contributed by atoms with Crippen LogP contribution in [-0.2, 0) is 0 Å². The summed E-state index contributed by atoms with van der Waals surface area (Å²) < 4.78 is 6.62. The predicted molar refractivity (Wildman–Crippen MR) is 78.7 cm³/mol. The molecule has 102 valence electrons. The molecule has 2 aromatic rings. The third kappa shape index (κ3) is 1.61. The van der Waals surface area contributed by atoms with Gasteiger partial charge in [0.2, 0.25) is 6.35 Å². The van der Waals surface area contributed by atoms with E-state index in [-0.39, 0.29) is 6.04 Å². The van der Waals surface area contributed by atoms with Crippen molar-refractivity contribution in [2.75, 3.05) is 16.8 Å². The summed E-state index contributed by atoms with van der Waals surface area (Å²) in [7, 11) is 0. The number of nitrogens with zero attached hydrogens (tertiary/aromatic N) is 2. The molecule has 4 rings (SSSR count). The molecule has 0 spiro atoms. The van der Waals surface area contributed by atoms with E-state index in [0.717, 1.165) is 27.3 Å². The van der Waals surface area contributed by atoms with Crippen molar-refractivity contribution in [2.24, 2.45) is 0 Å². The van der Waals surface area contributed by atoms with Gasteiger partial charge in [-0.05, 0) is 34.1 Å². The Morgan fingerprint density at radius 1 is 1.35 bits per heavy atom. The zero-order chi connectivity index (χ0) is 13.7. The van der Waals surface area contributed by atoms with Gasteiger partial charge in [0, 0.05) is 11.8 Å². The molecule has 2 N–H and O–H groups in total. The zero-order valence-electron chi connectivity index (χ0n) is 10.5. The van der Waals surface area contributed by atoms with Gasteiger partial charge in [-0.15, -0.1) is 0 Å². The van der Waals surface area contributed by atoms with Crippen molar-refractivity contribution >= 4 is 27.3 Å². The van der Waals surface area contributed by atoms with Gasteiger partial charge in [0.05, 0.1) is 11.7 Å². The fraction of sp³-hybridized carbons (Fsp3) is 0.214. The molecule has 20 heavy (non-hydrogen) atoms. The maximum absolute atomic E-state index is 10.3. The Balaban J connectivity index is 1.85. The first-order valence-corrected chi connectivity index (χ1v) is 7.14. The predicted octanol–water partition coefficient (Wildman–Crippen LogP) is 2.49. The minimum atomic E-state index is -0.757. The van der Waals surface area contributed by atoms with Gasteiger partial charge in [0.1, 0.15) is 22.6 Å². The Kier molecular flexibility index (Phi) is 2.61. The van der Waals surface area contributed by atoms with Crippen molar-refractivity contribution in [1.29, 1.82) is 0 Å². The van der Waals surface area contributed by atoms with Gasteiger partial charge in [-0.1, -0.05) is 12.1 Å². The van der Waals surface area contributed by atoms with Crippen LogP contribution in [0.3, 0.4) is 0 Å². The molecule has 0 bridgehead atoms. The third-order valence-corrected chi connectivity index (χ3v) is 4.35. The number of aliphatic hydroxyl groups excluding tert-OH is 1. The van der Waals surface area contributed by atoms with E-state index in [1.54, 1.807) is 6.20 Å². The Labute approximate surface area is 124 Å². The van der Waals surface area contributed by atoms with Crippen LogP contribution in [0.4, 0.5) is 11.4 Å². The van der Waals surface area contributed by atoms with Crippen molar-refractivity contribution in [3.63, 3.8) is 0 Å². The first-order valence-electron chi connectivity index (χ1n) is 6.35. The Morgan fingerprint density at radius 3 is 3.10 bits per heavy atom. The van der Waals surface area contributed by atoms with Crippen molar-refractivity contribution in [2.45, 2.75) is 12.4 Å². The van der Waals surface area contributed by atoms with E-state index in [1.165, 1.54) is 0 Å². The van der Waals surface area contributed by atoms with Gasteiger partial charge in [-0.2, -0.15) is 0 Å². The molecule has 0 amide bonds. The molecule has 1 aromatic heterocycles. The number of anilines is 2. The SMILES string of the molecule is OC1Nc2cccc3c2N1C(c1cccnc1Br)CO3. The quantitative estimate of drug-likeness (QED) is 0.785. The summed E-state index contributed by atoms with van der Waals surface area (Å²) in [6, 6.07) is 9.56. The van der Waals surface area contributed by atoms with Crippen molar-refractivity contribution in [3.05, 3.63) is 46.7 Å². The summed E-state index contributed by atoms with van der Waals surface area (Å²) in [6.45, 7) is 0.472. The lowest BCUT2D eigenvalue weighted by atomic mass is 10.1. The van der Waals surface area contributed by atoms with Crippen LogP contribution < -0.4 is 15.0 Å². The number of para-hydroxylation sites is 1. The smallest absolute Gasteiger partial charge is 0.206 e. The van der Waals surface area contributed by atoms with E-state index >= 15 is 0 Å². The second-order valence-corrected chi connectivity index (χ2v) is 5.54. The second-order valence-electron chi connectivity index (χ2n) is 4.79. The van der Waals surface area contributed by atoms with Crippen LogP contribution in [0.2, 0.25) is 0 Å². The number of halogens is 1. The van der Waals surface area contributed by atoms with Crippen molar-refractivity contribution < 1.29 is 9.84 Å². The first-order chi connectivity index (χ1) is 9.75. The van der Waals surface area contributed by atoms with E-state index in [4.69, 9.17) is 4.74 Å². The molecule has 0 aliphatic carbocycles. The highest BCUT2D eigenvalue weighted by Crippen LogP contribution is 2.49. The number of aromatic nitrogens is 1. The molecular formula is C14H12BrN3O2. The molecule has 0 saturated carbocycles. The van der Waals surface area contributed by atoms with E-state index in [2.05, 4.69) is 26.2 Å². The molecule has 1 aromatic carbocycles. The van der Waals surface area contributed by atoms with Crippen LogP contribution in [0.25, 0.3) is 0 Å². The summed E-state index contributed by atoms with van der Waals surface area (Å²) in [6.07, 6.45) is 0.974. The van der Waals surface area contributed by atoms with Crippen LogP contribution >= 0.6 is 15.9 Å². The minimum absolute atomic E-state index is 0.0864. The number of pyridine rings is 1. The summed E-state index contributed by atoms with van der Waals surface area (Å²) in [5.41, 5.74) is 2.79. The Morgan fingerprint density at radius 2 is 2.25 bits per heavy atom. The number of benzene rings is 1. The van der Waals surface area contributed by atoms with Crippen LogP contribution in [0, 0.1) is 0 Å². The van der Waals surface area contributed by atoms with Crippen molar-refractivity contribution in [3.8, 4) is 5.75 Å². The molecule has 6 heteroatoms. The molecule has 2 atom stereocenters. The molecule has 0 fully saturated rings. The molecule has 5 nitrogen and oxygen atoms in total. The summed E-state index contributed by atoms with van der Waals surface area (Å²) >= 11 is 3.47. The molecule has 2 aliphatic heterocycles. The zero-order valence-corrected chi connectivity index (χ0v) is 12.0. The van der Waals surface area contributed by atoms with Gasteiger partial charge in [0.25, 0.3) is 0 Å². The number of hydrogen-bond acceptors (Lipinski definition) is 5. The normalized spacial score (nSPS) is 23.0. The molecule has 3 heterocycles. The molecule has 2 aliphatic rings. The van der Waals surface area contributed by atoms with E-state index in [9.17, 15) is 5.11 Å². The molecular weight excluding hydrogens is 322 g/mol. The maximum Gasteiger partial charge on any atom is 0.206 e. The standard InChI is InChI=1S/C14H12BrN3O2/c15-13-8(3-2-6-16-13)10-7-20-11-5-1-4-9-12(11)18(10)14(19)17-9/h1-6,10,14,17,19H,7H2. The van der Waals surface area contributed by atoms with Gasteiger partial charge in [0.15, 0.2) is 0 Å². The highest BCUT2D eigenvalue weighted by Gasteiger charge is 2.40. The average molecular weight is 334 g/mol. The minimum Gasteiger partial charge on any atom is -0.489 e. The van der Waals surface area contributed by atoms with Crippen LogP contribution in [0.5, 0.6) is 5.75 Å². The first kappa shape index (κ1) is 12.0. The number of rotatable bonds is 1. The number of nitrogens with one attached hydrogen (secondary N) is 1. The highest BCUT2D eigenvalue weighted by molar-refractivity contribution is 9.10. The average Bonchev–Trinajstić information content (AvgIpc) is 2.80. The van der Waals surface area contributed by atoms with Crippen molar-refractivity contribution in [1.82, 2.24) is 4.98 Å². The lowest BCUT2D eigenvalue weighted by molar-refractivity contribution is 0.163. The summed E-state index contributed by atoms with van der Waals surface area (Å²) in [5.74, 6) is 0.794. The monoisotopic (exact) mass is 333 g/mol. The second kappa shape index (κ2) is 4.36. The number of aliphatic hydroxyl groups is 1. The fourth-order valence-corrected chi connectivity index (χ4v) is 3.33. The Hall–Kier alpha value is -1.79. The molecule has 0 radical (unpaired) electrons. The topological polar surface area (TPSA) is 57.6 Å². The van der Waals surface area contributed by atoms with Gasteiger partial charge in [-0.3, -0.25) is 0 Å². The molecule has 2 unspecified atom stereocenters. The van der Waals surface area contributed by atoms with E-state index < -0.39 is 6.35 Å². The van der Waals surface area contributed by atoms with Gasteiger partial charge in [-0.25, -0.2) is 4.98 Å². The number of hydrogen-bond donors (Lipinski definition) is 2. The van der Waals surface area contributed by atoms with Crippen LogP contribution in [0.15, 0.2) is 41.1 Å². The lowest BCUT2D eigenvalue weighted by Crippen LogP contribution is -2.43. The Bertz CT molecular complexity index is 679.